The van der Waals surface area contributed by atoms with Crippen LogP contribution in [0.15, 0.2) is 24.3 Å². The number of nitrogens with one attached hydrogen (secondary N) is 1. The molecule has 1 amide bonds. The molecule has 0 aliphatic carbocycles. The molecule has 8 nitrogen and oxygen atoms in total. The number of carbonyl (C=O) groups excluding carboxylic acids is 3. The van der Waals surface area contributed by atoms with Crippen molar-refractivity contribution in [2.24, 2.45) is 0 Å². The first-order valence-electron chi connectivity index (χ1n) is 9.85. The van der Waals surface area contributed by atoms with Crippen molar-refractivity contribution in [2.45, 2.75) is 20.8 Å². The first-order valence-corrected chi connectivity index (χ1v) is 9.85. The van der Waals surface area contributed by atoms with E-state index in [1.807, 2.05) is 24.3 Å². The van der Waals surface area contributed by atoms with Crippen molar-refractivity contribution in [3.8, 4) is 5.75 Å². The summed E-state index contributed by atoms with van der Waals surface area (Å²) in [6.07, 6.45) is 0. The number of anilines is 1. The maximum Gasteiger partial charge on any atom is 0.355 e. The van der Waals surface area contributed by atoms with E-state index in [0.29, 0.717) is 43.0 Å². The summed E-state index contributed by atoms with van der Waals surface area (Å²) >= 11 is 0. The van der Waals surface area contributed by atoms with E-state index in [1.165, 1.54) is 6.92 Å². The molecule has 8 heteroatoms. The third-order valence-electron chi connectivity index (χ3n) is 5.39. The van der Waals surface area contributed by atoms with E-state index in [4.69, 9.17) is 9.47 Å². The molecule has 1 aliphatic rings. The smallest absolute Gasteiger partial charge is 0.355 e. The van der Waals surface area contributed by atoms with Gasteiger partial charge in [-0.1, -0.05) is 0 Å². The van der Waals surface area contributed by atoms with Crippen LogP contribution in [0.25, 0.3) is 0 Å². The van der Waals surface area contributed by atoms with Crippen LogP contribution in [0.5, 0.6) is 5.75 Å². The van der Waals surface area contributed by atoms with Crippen molar-refractivity contribution in [1.82, 2.24) is 9.88 Å². The third-order valence-corrected chi connectivity index (χ3v) is 5.39. The number of piperazine rings is 1. The molecule has 30 heavy (non-hydrogen) atoms. The second kappa shape index (κ2) is 9.02. The van der Waals surface area contributed by atoms with Gasteiger partial charge in [0.2, 0.25) is 0 Å². The number of esters is 1. The third kappa shape index (κ3) is 4.48. The molecule has 1 saturated heterocycles. The number of H-pyrrole nitrogens is 1. The van der Waals surface area contributed by atoms with E-state index in [9.17, 15) is 14.4 Å². The van der Waals surface area contributed by atoms with E-state index in [-0.39, 0.29) is 24.0 Å². The molecule has 1 fully saturated rings. The van der Waals surface area contributed by atoms with Gasteiger partial charge in [0.25, 0.3) is 5.91 Å². The Kier molecular flexibility index (Phi) is 6.44. The summed E-state index contributed by atoms with van der Waals surface area (Å²) in [5.74, 6) is -0.179. The summed E-state index contributed by atoms with van der Waals surface area (Å²) in [5.41, 5.74) is 2.95. The van der Waals surface area contributed by atoms with Crippen LogP contribution in [0, 0.1) is 13.8 Å². The van der Waals surface area contributed by atoms with Crippen LogP contribution >= 0.6 is 0 Å². The van der Waals surface area contributed by atoms with E-state index in [1.54, 1.807) is 25.9 Å². The average Bonchev–Trinajstić information content (AvgIpc) is 3.06. The quantitative estimate of drug-likeness (QED) is 0.577. The van der Waals surface area contributed by atoms with Gasteiger partial charge in [-0.25, -0.2) is 4.79 Å². The summed E-state index contributed by atoms with van der Waals surface area (Å²) in [5, 5.41) is 0. The topological polar surface area (TPSA) is 91.9 Å². The van der Waals surface area contributed by atoms with Gasteiger partial charge in [0, 0.05) is 43.1 Å². The zero-order valence-electron chi connectivity index (χ0n) is 17.8. The lowest BCUT2D eigenvalue weighted by atomic mass is 10.1. The van der Waals surface area contributed by atoms with Gasteiger partial charge < -0.3 is 24.3 Å². The number of methoxy groups -OCH3 is 1. The Labute approximate surface area is 175 Å². The highest BCUT2D eigenvalue weighted by Crippen LogP contribution is 2.21. The van der Waals surface area contributed by atoms with Crippen LogP contribution in [0.4, 0.5) is 5.69 Å². The summed E-state index contributed by atoms with van der Waals surface area (Å²) in [4.78, 5) is 43.4. The number of hydrogen-bond acceptors (Lipinski definition) is 6. The average molecular weight is 413 g/mol. The van der Waals surface area contributed by atoms with Gasteiger partial charge in [0.1, 0.15) is 11.4 Å². The molecule has 0 unspecified atom stereocenters. The van der Waals surface area contributed by atoms with Crippen LogP contribution in [0.3, 0.4) is 0 Å². The minimum atomic E-state index is -0.631. The maximum atomic E-state index is 12.5. The Morgan fingerprint density at radius 1 is 1.03 bits per heavy atom. The van der Waals surface area contributed by atoms with Gasteiger partial charge in [-0.15, -0.1) is 0 Å². The zero-order valence-corrected chi connectivity index (χ0v) is 17.8. The van der Waals surface area contributed by atoms with Gasteiger partial charge >= 0.3 is 5.97 Å². The summed E-state index contributed by atoms with van der Waals surface area (Å²) in [7, 11) is 1.63. The molecule has 1 aliphatic heterocycles. The minimum absolute atomic E-state index is 0.119. The van der Waals surface area contributed by atoms with Crippen molar-refractivity contribution < 1.29 is 23.9 Å². The number of aromatic nitrogens is 1. The maximum absolute atomic E-state index is 12.5. The molecule has 0 spiro atoms. The van der Waals surface area contributed by atoms with Crippen molar-refractivity contribution >= 4 is 23.3 Å². The van der Waals surface area contributed by atoms with Crippen LogP contribution in [-0.2, 0) is 9.53 Å². The van der Waals surface area contributed by atoms with Gasteiger partial charge in [-0.05, 0) is 50.6 Å². The first kappa shape index (κ1) is 21.4. The lowest BCUT2D eigenvalue weighted by Crippen LogP contribution is -2.49. The fourth-order valence-corrected chi connectivity index (χ4v) is 3.78. The molecule has 0 bridgehead atoms. The molecule has 2 aromatic rings. The highest BCUT2D eigenvalue weighted by molar-refractivity contribution is 6.01. The van der Waals surface area contributed by atoms with E-state index < -0.39 is 5.97 Å². The number of aromatic amines is 1. The van der Waals surface area contributed by atoms with E-state index >= 15 is 0 Å². The van der Waals surface area contributed by atoms with Crippen molar-refractivity contribution in [2.75, 3.05) is 44.8 Å². The zero-order chi connectivity index (χ0) is 21.8. The number of aryl methyl sites for hydroxylation is 1. The Morgan fingerprint density at radius 2 is 1.67 bits per heavy atom. The van der Waals surface area contributed by atoms with Crippen LogP contribution < -0.4 is 9.64 Å². The molecule has 0 atom stereocenters. The Balaban J connectivity index is 1.52. The number of amides is 1. The normalized spacial score (nSPS) is 13.9. The predicted molar refractivity (Wildman–Crippen MR) is 112 cm³/mol. The predicted octanol–water partition coefficient (Wildman–Crippen LogP) is 2.35. The molecule has 3 rings (SSSR count). The molecule has 0 saturated carbocycles. The minimum Gasteiger partial charge on any atom is -0.497 e. The molecular formula is C22H27N3O5. The van der Waals surface area contributed by atoms with Gasteiger partial charge in [-0.3, -0.25) is 9.59 Å². The van der Waals surface area contributed by atoms with Gasteiger partial charge in [0.05, 0.1) is 7.11 Å². The van der Waals surface area contributed by atoms with E-state index in [0.717, 1.165) is 11.4 Å². The van der Waals surface area contributed by atoms with Crippen molar-refractivity contribution in [3.63, 3.8) is 0 Å². The Bertz CT molecular complexity index is 940. The Morgan fingerprint density at radius 3 is 2.20 bits per heavy atom. The number of rotatable bonds is 6. The number of carbonyl (C=O) groups is 3. The molecule has 160 valence electrons. The fourth-order valence-electron chi connectivity index (χ4n) is 3.78. The SMILES string of the molecule is COc1ccc(N2CCN(C(=O)COC(=O)c3[nH]c(C)c(C(C)=O)c3C)CC2)cc1. The molecular weight excluding hydrogens is 386 g/mol. The molecule has 2 heterocycles. The summed E-state index contributed by atoms with van der Waals surface area (Å²) in [6.45, 7) is 7.05. The van der Waals surface area contributed by atoms with E-state index in [2.05, 4.69) is 9.88 Å². The first-order chi connectivity index (χ1) is 14.3. The van der Waals surface area contributed by atoms with Crippen LogP contribution in [0.1, 0.15) is 39.0 Å². The number of ether oxygens (including phenoxy) is 2. The molecule has 0 radical (unpaired) electrons. The lowest BCUT2D eigenvalue weighted by Gasteiger charge is -2.36. The second-order valence-electron chi connectivity index (χ2n) is 7.32. The molecule has 1 N–H and O–H groups in total. The molecule has 1 aromatic heterocycles. The number of nitrogens with zero attached hydrogens (tertiary/aromatic N) is 2. The summed E-state index contributed by atoms with van der Waals surface area (Å²) < 4.78 is 10.4. The highest BCUT2D eigenvalue weighted by atomic mass is 16.5. The second-order valence-corrected chi connectivity index (χ2v) is 7.32. The Hall–Kier alpha value is -3.29. The van der Waals surface area contributed by atoms with Crippen molar-refractivity contribution in [1.29, 1.82) is 0 Å². The largest absolute Gasteiger partial charge is 0.497 e. The molecule has 1 aromatic carbocycles. The van der Waals surface area contributed by atoms with Gasteiger partial charge in [0.15, 0.2) is 12.4 Å². The number of benzene rings is 1. The standard InChI is InChI=1S/C22H27N3O5/c1-14-20(16(3)26)15(2)23-21(14)22(28)30-13-19(27)25-11-9-24(10-12-25)17-5-7-18(29-4)8-6-17/h5-8,23H,9-13H2,1-4H3. The monoisotopic (exact) mass is 413 g/mol. The lowest BCUT2D eigenvalue weighted by molar-refractivity contribution is -0.134. The number of Topliss-reactive ketones (excluding diaryl/α,β-unsaturated/α-hetero) is 1. The number of hydrogen-bond donors (Lipinski definition) is 1. The van der Waals surface area contributed by atoms with Crippen molar-refractivity contribution in [3.05, 3.63) is 46.8 Å². The van der Waals surface area contributed by atoms with Gasteiger partial charge in [-0.2, -0.15) is 0 Å². The van der Waals surface area contributed by atoms with Crippen LogP contribution in [-0.4, -0.2) is 67.4 Å². The highest BCUT2D eigenvalue weighted by Gasteiger charge is 2.25. The number of ketones is 1. The van der Waals surface area contributed by atoms with Crippen LogP contribution in [0.2, 0.25) is 0 Å². The fraction of sp³-hybridized carbons (Fsp3) is 0.409. The summed E-state index contributed by atoms with van der Waals surface area (Å²) in [6, 6.07) is 7.81.